The summed E-state index contributed by atoms with van der Waals surface area (Å²) in [6.07, 6.45) is 1.46. The Hall–Kier alpha value is -3.30. The van der Waals surface area contributed by atoms with Gasteiger partial charge in [-0.1, -0.05) is 42.5 Å². The zero-order chi connectivity index (χ0) is 21.5. The molecule has 0 aliphatic rings. The molecule has 3 aromatic carbocycles. The molecule has 0 heterocycles. The molecule has 152 valence electrons. The SMILES string of the molecule is CCOC(=O)/C(C#N)=C/c1cc(Br)c(OCc2cccc3ccccc23)c(OC)c1. The lowest BCUT2D eigenvalue weighted by molar-refractivity contribution is -0.137. The maximum Gasteiger partial charge on any atom is 0.348 e. The Labute approximate surface area is 183 Å². The number of nitrogens with zero attached hydrogens (tertiary/aromatic N) is 1. The van der Waals surface area contributed by atoms with Gasteiger partial charge in [0.2, 0.25) is 0 Å². The maximum absolute atomic E-state index is 11.9. The van der Waals surface area contributed by atoms with Crippen molar-refractivity contribution in [2.75, 3.05) is 13.7 Å². The molecular weight excluding hydrogens is 446 g/mol. The fourth-order valence-electron chi connectivity index (χ4n) is 3.04. The highest BCUT2D eigenvalue weighted by molar-refractivity contribution is 9.10. The van der Waals surface area contributed by atoms with Crippen LogP contribution in [0.1, 0.15) is 18.1 Å². The quantitative estimate of drug-likeness (QED) is 0.255. The van der Waals surface area contributed by atoms with Crippen molar-refractivity contribution < 1.29 is 19.0 Å². The first kappa shape index (κ1) is 21.4. The average Bonchev–Trinajstić information content (AvgIpc) is 2.76. The highest BCUT2D eigenvalue weighted by atomic mass is 79.9. The van der Waals surface area contributed by atoms with Crippen molar-refractivity contribution in [1.29, 1.82) is 5.26 Å². The van der Waals surface area contributed by atoms with E-state index in [1.54, 1.807) is 19.1 Å². The van der Waals surface area contributed by atoms with Gasteiger partial charge in [-0.2, -0.15) is 5.26 Å². The highest BCUT2D eigenvalue weighted by Crippen LogP contribution is 2.38. The van der Waals surface area contributed by atoms with Crippen LogP contribution < -0.4 is 9.47 Å². The molecule has 0 aromatic heterocycles. The van der Waals surface area contributed by atoms with E-state index < -0.39 is 5.97 Å². The molecule has 0 saturated heterocycles. The zero-order valence-electron chi connectivity index (χ0n) is 16.6. The van der Waals surface area contributed by atoms with Crippen molar-refractivity contribution in [3.05, 3.63) is 75.8 Å². The Morgan fingerprint density at radius 1 is 1.17 bits per heavy atom. The van der Waals surface area contributed by atoms with Crippen LogP contribution in [-0.2, 0) is 16.1 Å². The number of hydrogen-bond acceptors (Lipinski definition) is 5. The molecule has 6 heteroatoms. The van der Waals surface area contributed by atoms with Crippen LogP contribution in [0.2, 0.25) is 0 Å². The number of esters is 1. The number of rotatable bonds is 7. The first-order valence-corrected chi connectivity index (χ1v) is 10.1. The van der Waals surface area contributed by atoms with Gasteiger partial charge in [-0.05, 0) is 63.0 Å². The Morgan fingerprint density at radius 3 is 2.67 bits per heavy atom. The summed E-state index contributed by atoms with van der Waals surface area (Å²) in [5, 5.41) is 11.5. The molecule has 0 amide bonds. The van der Waals surface area contributed by atoms with Gasteiger partial charge in [0.25, 0.3) is 0 Å². The number of hydrogen-bond donors (Lipinski definition) is 0. The van der Waals surface area contributed by atoms with Gasteiger partial charge in [-0.15, -0.1) is 0 Å². The fraction of sp³-hybridized carbons (Fsp3) is 0.167. The smallest absolute Gasteiger partial charge is 0.348 e. The third kappa shape index (κ3) is 4.81. The van der Waals surface area contributed by atoms with Gasteiger partial charge in [0, 0.05) is 0 Å². The highest BCUT2D eigenvalue weighted by Gasteiger charge is 2.15. The van der Waals surface area contributed by atoms with Gasteiger partial charge >= 0.3 is 5.97 Å². The van der Waals surface area contributed by atoms with Crippen molar-refractivity contribution >= 4 is 38.7 Å². The number of benzene rings is 3. The summed E-state index contributed by atoms with van der Waals surface area (Å²) < 4.78 is 17.1. The van der Waals surface area contributed by atoms with Crippen molar-refractivity contribution in [3.63, 3.8) is 0 Å². The number of fused-ring (bicyclic) bond motifs is 1. The molecule has 30 heavy (non-hydrogen) atoms. The molecule has 0 aliphatic heterocycles. The van der Waals surface area contributed by atoms with Crippen LogP contribution >= 0.6 is 15.9 Å². The monoisotopic (exact) mass is 465 g/mol. The molecule has 3 aromatic rings. The van der Waals surface area contributed by atoms with Gasteiger partial charge in [-0.25, -0.2) is 4.79 Å². The number of carbonyl (C=O) groups is 1. The molecule has 0 spiro atoms. The van der Waals surface area contributed by atoms with E-state index in [4.69, 9.17) is 14.2 Å². The van der Waals surface area contributed by atoms with E-state index >= 15 is 0 Å². The minimum absolute atomic E-state index is 0.0878. The molecule has 0 radical (unpaired) electrons. The lowest BCUT2D eigenvalue weighted by Crippen LogP contribution is -2.06. The molecule has 0 bridgehead atoms. The van der Waals surface area contributed by atoms with E-state index in [9.17, 15) is 10.1 Å². The summed E-state index contributed by atoms with van der Waals surface area (Å²) in [5.74, 6) is 0.362. The summed E-state index contributed by atoms with van der Waals surface area (Å²) in [6.45, 7) is 2.25. The van der Waals surface area contributed by atoms with Crippen LogP contribution in [0.5, 0.6) is 11.5 Å². The lowest BCUT2D eigenvalue weighted by atomic mass is 10.1. The van der Waals surface area contributed by atoms with Crippen LogP contribution in [0.4, 0.5) is 0 Å². The molecule has 0 N–H and O–H groups in total. The van der Waals surface area contributed by atoms with Crippen molar-refractivity contribution in [3.8, 4) is 17.6 Å². The summed E-state index contributed by atoms with van der Waals surface area (Å²) >= 11 is 3.51. The van der Waals surface area contributed by atoms with E-state index in [1.807, 2.05) is 30.3 Å². The maximum atomic E-state index is 11.9. The standard InChI is InChI=1S/C24H20BrNO4/c1-3-29-24(27)19(14-26)11-16-12-21(25)23(22(13-16)28-2)30-15-18-9-6-8-17-7-4-5-10-20(17)18/h4-13H,3,15H2,1-2H3/b19-11+. The van der Waals surface area contributed by atoms with Crippen LogP contribution in [0.25, 0.3) is 16.8 Å². The van der Waals surface area contributed by atoms with Crippen LogP contribution in [-0.4, -0.2) is 19.7 Å². The van der Waals surface area contributed by atoms with E-state index in [2.05, 4.69) is 34.1 Å². The molecule has 0 atom stereocenters. The van der Waals surface area contributed by atoms with Gasteiger partial charge in [0.05, 0.1) is 18.2 Å². The first-order valence-electron chi connectivity index (χ1n) is 9.33. The lowest BCUT2D eigenvalue weighted by Gasteiger charge is -2.15. The first-order chi connectivity index (χ1) is 14.6. The number of methoxy groups -OCH3 is 1. The largest absolute Gasteiger partial charge is 0.493 e. The second-order valence-corrected chi connectivity index (χ2v) is 7.21. The predicted molar refractivity (Wildman–Crippen MR) is 119 cm³/mol. The third-order valence-electron chi connectivity index (χ3n) is 4.43. The molecule has 5 nitrogen and oxygen atoms in total. The average molecular weight is 466 g/mol. The third-order valence-corrected chi connectivity index (χ3v) is 5.02. The summed E-state index contributed by atoms with van der Waals surface area (Å²) in [4.78, 5) is 11.9. The van der Waals surface area contributed by atoms with E-state index in [0.29, 0.717) is 28.1 Å². The molecule has 3 rings (SSSR count). The van der Waals surface area contributed by atoms with Crippen molar-refractivity contribution in [2.24, 2.45) is 0 Å². The topological polar surface area (TPSA) is 68.6 Å². The molecule has 0 unspecified atom stereocenters. The summed E-state index contributed by atoms with van der Waals surface area (Å²) in [5.41, 5.74) is 1.58. The minimum atomic E-state index is -0.661. The second-order valence-electron chi connectivity index (χ2n) is 6.35. The Kier molecular flexibility index (Phi) is 7.10. The van der Waals surface area contributed by atoms with Gasteiger partial charge < -0.3 is 14.2 Å². The van der Waals surface area contributed by atoms with Crippen LogP contribution in [0, 0.1) is 11.3 Å². The number of ether oxygens (including phenoxy) is 3. The molecule has 0 aliphatic carbocycles. The number of carbonyl (C=O) groups excluding carboxylic acids is 1. The summed E-state index contributed by atoms with van der Waals surface area (Å²) in [6, 6.07) is 19.6. The Morgan fingerprint density at radius 2 is 1.93 bits per heavy atom. The van der Waals surface area contributed by atoms with Crippen molar-refractivity contribution in [1.82, 2.24) is 0 Å². The van der Waals surface area contributed by atoms with Crippen LogP contribution in [0.15, 0.2) is 64.6 Å². The van der Waals surface area contributed by atoms with Gasteiger partial charge in [-0.3, -0.25) is 0 Å². The van der Waals surface area contributed by atoms with E-state index in [1.165, 1.54) is 13.2 Å². The number of nitriles is 1. The van der Waals surface area contributed by atoms with Crippen LogP contribution in [0.3, 0.4) is 0 Å². The fourth-order valence-corrected chi connectivity index (χ4v) is 3.62. The van der Waals surface area contributed by atoms with E-state index in [-0.39, 0.29) is 12.2 Å². The zero-order valence-corrected chi connectivity index (χ0v) is 18.2. The van der Waals surface area contributed by atoms with Crippen molar-refractivity contribution in [2.45, 2.75) is 13.5 Å². The molecule has 0 saturated carbocycles. The van der Waals surface area contributed by atoms with Gasteiger partial charge in [0.15, 0.2) is 11.5 Å². The van der Waals surface area contributed by atoms with E-state index in [0.717, 1.165) is 16.3 Å². The van der Waals surface area contributed by atoms with Gasteiger partial charge in [0.1, 0.15) is 18.2 Å². The summed E-state index contributed by atoms with van der Waals surface area (Å²) in [7, 11) is 1.54. The molecule has 0 fully saturated rings. The normalized spacial score (nSPS) is 11.1. The number of halogens is 1. The minimum Gasteiger partial charge on any atom is -0.493 e. The molecular formula is C24H20BrNO4. The Balaban J connectivity index is 1.89. The second kappa shape index (κ2) is 9.95. The predicted octanol–water partition coefficient (Wildman–Crippen LogP) is 5.66. The Bertz CT molecular complexity index is 1140.